The Morgan fingerprint density at radius 1 is 1.09 bits per heavy atom. The topological polar surface area (TPSA) is 84.5 Å². The van der Waals surface area contributed by atoms with Gasteiger partial charge in [0.25, 0.3) is 0 Å². The molecule has 0 fully saturated rings. The van der Waals surface area contributed by atoms with Gasteiger partial charge in [-0.05, 0) is 54.8 Å². The van der Waals surface area contributed by atoms with Crippen molar-refractivity contribution in [3.63, 3.8) is 0 Å². The van der Waals surface area contributed by atoms with Crippen LogP contribution in [0.3, 0.4) is 0 Å². The van der Waals surface area contributed by atoms with Crippen LogP contribution >= 0.6 is 11.6 Å². The van der Waals surface area contributed by atoms with Gasteiger partial charge in [0, 0.05) is 10.7 Å². The zero-order valence-corrected chi connectivity index (χ0v) is 19.0. The molecule has 0 spiro atoms. The largest absolute Gasteiger partial charge is 0.495 e. The van der Waals surface area contributed by atoms with Gasteiger partial charge >= 0.3 is 0 Å². The van der Waals surface area contributed by atoms with E-state index in [0.29, 0.717) is 5.56 Å². The van der Waals surface area contributed by atoms with Crippen molar-refractivity contribution in [1.82, 2.24) is 4.72 Å². The van der Waals surface area contributed by atoms with Crippen molar-refractivity contribution in [1.29, 1.82) is 0 Å². The molecule has 32 heavy (non-hydrogen) atoms. The Hall–Kier alpha value is -2.94. The molecule has 1 unspecified atom stereocenters. The first-order valence-corrected chi connectivity index (χ1v) is 11.5. The van der Waals surface area contributed by atoms with Gasteiger partial charge < -0.3 is 10.1 Å². The van der Waals surface area contributed by atoms with Crippen molar-refractivity contribution >= 4 is 33.2 Å². The fraction of sp³-hybridized carbons (Fsp3) is 0.174. The molecule has 3 aromatic rings. The van der Waals surface area contributed by atoms with Crippen molar-refractivity contribution in [3.05, 3.63) is 88.7 Å². The highest BCUT2D eigenvalue weighted by molar-refractivity contribution is 7.89. The van der Waals surface area contributed by atoms with Gasteiger partial charge in [0.1, 0.15) is 22.5 Å². The van der Waals surface area contributed by atoms with Crippen LogP contribution in [-0.4, -0.2) is 27.5 Å². The van der Waals surface area contributed by atoms with E-state index in [1.165, 1.54) is 43.5 Å². The number of anilines is 1. The SMILES string of the molecule is COc1ccc(Cl)cc1S(=O)(=O)NC(Cc1ccccc1)C(=O)Nc1cc(F)ccc1C. The highest BCUT2D eigenvalue weighted by Gasteiger charge is 2.29. The molecule has 3 aromatic carbocycles. The molecule has 0 heterocycles. The number of carbonyl (C=O) groups is 1. The lowest BCUT2D eigenvalue weighted by atomic mass is 10.1. The van der Waals surface area contributed by atoms with E-state index < -0.39 is 27.8 Å². The van der Waals surface area contributed by atoms with Gasteiger partial charge in [-0.3, -0.25) is 4.79 Å². The van der Waals surface area contributed by atoms with Crippen LogP contribution in [0.4, 0.5) is 10.1 Å². The summed E-state index contributed by atoms with van der Waals surface area (Å²) >= 11 is 5.99. The minimum Gasteiger partial charge on any atom is -0.495 e. The van der Waals surface area contributed by atoms with E-state index in [-0.39, 0.29) is 27.8 Å². The third kappa shape index (κ3) is 5.85. The number of sulfonamides is 1. The third-order valence-electron chi connectivity index (χ3n) is 4.77. The molecule has 0 aliphatic rings. The Morgan fingerprint density at radius 2 is 1.81 bits per heavy atom. The number of aryl methyl sites for hydroxylation is 1. The first kappa shape index (κ1) is 23.7. The van der Waals surface area contributed by atoms with Crippen LogP contribution in [0.1, 0.15) is 11.1 Å². The molecule has 0 aliphatic carbocycles. The summed E-state index contributed by atoms with van der Waals surface area (Å²) in [6, 6.07) is 15.9. The lowest BCUT2D eigenvalue weighted by Gasteiger charge is -2.20. The second kappa shape index (κ2) is 10.1. The van der Waals surface area contributed by atoms with E-state index in [1.807, 2.05) is 6.07 Å². The molecular formula is C23H22ClFN2O4S. The van der Waals surface area contributed by atoms with Gasteiger partial charge in [0.15, 0.2) is 0 Å². The Bertz CT molecular complexity index is 1220. The number of hydrogen-bond acceptors (Lipinski definition) is 4. The second-order valence-electron chi connectivity index (χ2n) is 7.11. The number of methoxy groups -OCH3 is 1. The fourth-order valence-electron chi connectivity index (χ4n) is 3.10. The Morgan fingerprint density at radius 3 is 2.50 bits per heavy atom. The van der Waals surface area contributed by atoms with E-state index in [0.717, 1.165) is 5.56 Å². The van der Waals surface area contributed by atoms with Crippen molar-refractivity contribution in [2.24, 2.45) is 0 Å². The molecule has 0 aliphatic heterocycles. The Balaban J connectivity index is 1.95. The highest BCUT2D eigenvalue weighted by atomic mass is 35.5. The summed E-state index contributed by atoms with van der Waals surface area (Å²) in [5, 5.41) is 2.82. The zero-order chi connectivity index (χ0) is 23.3. The smallest absolute Gasteiger partial charge is 0.245 e. The van der Waals surface area contributed by atoms with Crippen LogP contribution in [-0.2, 0) is 21.2 Å². The van der Waals surface area contributed by atoms with E-state index in [1.54, 1.807) is 31.2 Å². The summed E-state index contributed by atoms with van der Waals surface area (Å²) in [6.07, 6.45) is 0.0726. The number of nitrogens with one attached hydrogen (secondary N) is 2. The van der Waals surface area contributed by atoms with E-state index in [9.17, 15) is 17.6 Å². The molecule has 0 saturated carbocycles. The van der Waals surface area contributed by atoms with Gasteiger partial charge in [-0.15, -0.1) is 0 Å². The van der Waals surface area contributed by atoms with Crippen molar-refractivity contribution in [2.75, 3.05) is 12.4 Å². The molecule has 2 N–H and O–H groups in total. The lowest BCUT2D eigenvalue weighted by molar-refractivity contribution is -0.117. The monoisotopic (exact) mass is 476 g/mol. The summed E-state index contributed by atoms with van der Waals surface area (Å²) in [6.45, 7) is 1.71. The summed E-state index contributed by atoms with van der Waals surface area (Å²) in [7, 11) is -2.86. The normalized spacial score (nSPS) is 12.2. The van der Waals surface area contributed by atoms with Gasteiger partial charge in [-0.25, -0.2) is 12.8 Å². The lowest BCUT2D eigenvalue weighted by Crippen LogP contribution is -2.45. The molecule has 3 rings (SSSR count). The zero-order valence-electron chi connectivity index (χ0n) is 17.4. The second-order valence-corrected chi connectivity index (χ2v) is 9.23. The van der Waals surface area contributed by atoms with Crippen LogP contribution in [0.2, 0.25) is 5.02 Å². The van der Waals surface area contributed by atoms with Crippen molar-refractivity contribution in [3.8, 4) is 5.75 Å². The summed E-state index contributed by atoms with van der Waals surface area (Å²) in [5.41, 5.74) is 1.63. The van der Waals surface area contributed by atoms with Crippen molar-refractivity contribution < 1.29 is 22.3 Å². The van der Waals surface area contributed by atoms with Gasteiger partial charge in [0.05, 0.1) is 7.11 Å². The molecule has 1 atom stereocenters. The summed E-state index contributed by atoms with van der Waals surface area (Å²) in [4.78, 5) is 12.9. The Kier molecular flexibility index (Phi) is 7.50. The quantitative estimate of drug-likeness (QED) is 0.507. The van der Waals surface area contributed by atoms with Crippen LogP contribution in [0, 0.1) is 12.7 Å². The van der Waals surface area contributed by atoms with E-state index in [4.69, 9.17) is 16.3 Å². The van der Waals surface area contributed by atoms with E-state index >= 15 is 0 Å². The number of benzene rings is 3. The first-order chi connectivity index (χ1) is 15.2. The maximum Gasteiger partial charge on any atom is 0.245 e. The third-order valence-corrected chi connectivity index (χ3v) is 6.50. The number of hydrogen-bond donors (Lipinski definition) is 2. The van der Waals surface area contributed by atoms with Crippen molar-refractivity contribution in [2.45, 2.75) is 24.3 Å². The number of ether oxygens (including phenoxy) is 1. The molecule has 9 heteroatoms. The van der Waals surface area contributed by atoms with Crippen LogP contribution in [0.15, 0.2) is 71.6 Å². The minimum absolute atomic E-state index is 0.0726. The first-order valence-electron chi connectivity index (χ1n) is 9.66. The number of carbonyl (C=O) groups excluding carboxylic acids is 1. The summed E-state index contributed by atoms with van der Waals surface area (Å²) < 4.78 is 47.6. The average Bonchev–Trinajstić information content (AvgIpc) is 2.76. The molecule has 6 nitrogen and oxygen atoms in total. The number of halogens is 2. The molecular weight excluding hydrogens is 455 g/mol. The van der Waals surface area contributed by atoms with Crippen LogP contribution in [0.25, 0.3) is 0 Å². The molecule has 0 aromatic heterocycles. The molecule has 0 bridgehead atoms. The van der Waals surface area contributed by atoms with Gasteiger partial charge in [-0.1, -0.05) is 48.0 Å². The van der Waals surface area contributed by atoms with E-state index in [2.05, 4.69) is 10.0 Å². The highest BCUT2D eigenvalue weighted by Crippen LogP contribution is 2.27. The number of rotatable bonds is 8. The summed E-state index contributed by atoms with van der Waals surface area (Å²) in [5.74, 6) is -1.07. The Labute approximate surface area is 191 Å². The maximum absolute atomic E-state index is 13.7. The van der Waals surface area contributed by atoms with Crippen LogP contribution < -0.4 is 14.8 Å². The van der Waals surface area contributed by atoms with Gasteiger partial charge in [-0.2, -0.15) is 4.72 Å². The van der Waals surface area contributed by atoms with Gasteiger partial charge in [0.2, 0.25) is 15.9 Å². The molecule has 1 amide bonds. The molecule has 0 radical (unpaired) electrons. The molecule has 0 saturated heterocycles. The molecule has 168 valence electrons. The van der Waals surface area contributed by atoms with Crippen LogP contribution in [0.5, 0.6) is 5.75 Å². The minimum atomic E-state index is -4.19. The predicted octanol–water partition coefficient (Wildman–Crippen LogP) is 4.32. The standard InChI is InChI=1S/C23H22ClFN2O4S/c1-15-8-10-18(25)14-19(15)26-23(28)20(12-16-6-4-3-5-7-16)27-32(29,30)22-13-17(24)9-11-21(22)31-2/h3-11,13-14,20,27H,12H2,1-2H3,(H,26,28). The maximum atomic E-state index is 13.7. The predicted molar refractivity (Wildman–Crippen MR) is 122 cm³/mol. The number of amides is 1. The fourth-order valence-corrected chi connectivity index (χ4v) is 4.72. The average molecular weight is 477 g/mol.